The van der Waals surface area contributed by atoms with E-state index in [1.165, 1.54) is 38.5 Å². The minimum Gasteiger partial charge on any atom is -0.368 e. The minimum absolute atomic E-state index is 0.172. The number of nitrogens with two attached hydrogens (primary N) is 1. The van der Waals surface area contributed by atoms with Crippen molar-refractivity contribution in [1.82, 2.24) is 10.2 Å². The van der Waals surface area contributed by atoms with E-state index in [0.29, 0.717) is 6.04 Å². The molecule has 0 aromatic heterocycles. The standard InChI is InChI=1S/C13H25N3O/c1-16(8-10-4-2-3-5-10)9-12(13(14)17)15-11-6-7-11/h10-12,15H,2-9H2,1H3,(H2,14,17). The van der Waals surface area contributed by atoms with Crippen LogP contribution in [0.25, 0.3) is 0 Å². The van der Waals surface area contributed by atoms with Crippen molar-refractivity contribution in [2.75, 3.05) is 20.1 Å². The molecule has 0 aromatic carbocycles. The van der Waals surface area contributed by atoms with Gasteiger partial charge in [0.15, 0.2) is 0 Å². The molecule has 4 heteroatoms. The summed E-state index contributed by atoms with van der Waals surface area (Å²) >= 11 is 0. The first-order chi connectivity index (χ1) is 8.15. The predicted octanol–water partition coefficient (Wildman–Crippen LogP) is 0.714. The lowest BCUT2D eigenvalue weighted by atomic mass is 10.1. The third-order valence-corrected chi connectivity index (χ3v) is 3.90. The van der Waals surface area contributed by atoms with Crippen LogP contribution >= 0.6 is 0 Å². The smallest absolute Gasteiger partial charge is 0.235 e. The van der Waals surface area contributed by atoms with Gasteiger partial charge in [-0.1, -0.05) is 12.8 Å². The highest BCUT2D eigenvalue weighted by Crippen LogP contribution is 2.25. The summed E-state index contributed by atoms with van der Waals surface area (Å²) in [6.45, 7) is 1.86. The van der Waals surface area contributed by atoms with E-state index in [2.05, 4.69) is 17.3 Å². The van der Waals surface area contributed by atoms with E-state index in [1.54, 1.807) is 0 Å². The molecule has 1 amide bonds. The maximum Gasteiger partial charge on any atom is 0.235 e. The second-order valence-electron chi connectivity index (χ2n) is 5.77. The number of hydrogen-bond donors (Lipinski definition) is 2. The quantitative estimate of drug-likeness (QED) is 0.688. The van der Waals surface area contributed by atoms with Gasteiger partial charge in [-0.25, -0.2) is 0 Å². The largest absolute Gasteiger partial charge is 0.368 e. The highest BCUT2D eigenvalue weighted by Gasteiger charge is 2.28. The summed E-state index contributed by atoms with van der Waals surface area (Å²) in [7, 11) is 2.10. The zero-order valence-corrected chi connectivity index (χ0v) is 10.8. The van der Waals surface area contributed by atoms with Crippen LogP contribution < -0.4 is 11.1 Å². The van der Waals surface area contributed by atoms with E-state index in [4.69, 9.17) is 5.73 Å². The molecule has 0 aliphatic heterocycles. The summed E-state index contributed by atoms with van der Waals surface area (Å²) in [5.41, 5.74) is 5.44. The summed E-state index contributed by atoms with van der Waals surface area (Å²) in [4.78, 5) is 13.6. The van der Waals surface area contributed by atoms with E-state index in [9.17, 15) is 4.79 Å². The molecule has 3 N–H and O–H groups in total. The number of nitrogens with zero attached hydrogens (tertiary/aromatic N) is 1. The van der Waals surface area contributed by atoms with Gasteiger partial charge in [-0.05, 0) is 38.6 Å². The molecule has 0 heterocycles. The summed E-state index contributed by atoms with van der Waals surface area (Å²) in [5, 5.41) is 3.33. The van der Waals surface area contributed by atoms with Crippen LogP contribution in [0.5, 0.6) is 0 Å². The number of rotatable bonds is 7. The zero-order valence-electron chi connectivity index (χ0n) is 10.8. The average molecular weight is 239 g/mol. The summed E-state index contributed by atoms with van der Waals surface area (Å²) in [5.74, 6) is 0.615. The topological polar surface area (TPSA) is 58.4 Å². The van der Waals surface area contributed by atoms with Crippen molar-refractivity contribution < 1.29 is 4.79 Å². The number of carbonyl (C=O) groups excluding carboxylic acids is 1. The second kappa shape index (κ2) is 5.83. The van der Waals surface area contributed by atoms with Gasteiger partial charge >= 0.3 is 0 Å². The molecule has 1 unspecified atom stereocenters. The summed E-state index contributed by atoms with van der Waals surface area (Å²) < 4.78 is 0. The Kier molecular flexibility index (Phi) is 4.40. The molecule has 98 valence electrons. The number of nitrogens with one attached hydrogen (secondary N) is 1. The maximum atomic E-state index is 11.4. The first-order valence-electron chi connectivity index (χ1n) is 6.89. The Balaban J connectivity index is 1.73. The van der Waals surface area contributed by atoms with Gasteiger partial charge in [0.1, 0.15) is 0 Å². The Morgan fingerprint density at radius 3 is 2.53 bits per heavy atom. The fourth-order valence-electron chi connectivity index (χ4n) is 2.78. The molecule has 0 aromatic rings. The molecule has 0 saturated heterocycles. The third-order valence-electron chi connectivity index (χ3n) is 3.90. The number of amides is 1. The lowest BCUT2D eigenvalue weighted by Gasteiger charge is -2.25. The molecule has 0 radical (unpaired) electrons. The van der Waals surface area contributed by atoms with Gasteiger partial charge < -0.3 is 16.0 Å². The number of primary amides is 1. The van der Waals surface area contributed by atoms with E-state index in [1.807, 2.05) is 0 Å². The average Bonchev–Trinajstić information content (AvgIpc) is 2.93. The Bertz CT molecular complexity index is 259. The third kappa shape index (κ3) is 4.28. The van der Waals surface area contributed by atoms with Crippen molar-refractivity contribution >= 4 is 5.91 Å². The van der Waals surface area contributed by atoms with Crippen molar-refractivity contribution in [2.24, 2.45) is 11.7 Å². The van der Waals surface area contributed by atoms with E-state index in [-0.39, 0.29) is 11.9 Å². The van der Waals surface area contributed by atoms with Gasteiger partial charge in [0.25, 0.3) is 0 Å². The Hall–Kier alpha value is -0.610. The molecular weight excluding hydrogens is 214 g/mol. The van der Waals surface area contributed by atoms with Crippen LogP contribution in [0.2, 0.25) is 0 Å². The van der Waals surface area contributed by atoms with E-state index in [0.717, 1.165) is 19.0 Å². The Morgan fingerprint density at radius 2 is 2.00 bits per heavy atom. The minimum atomic E-state index is -0.213. The molecule has 2 saturated carbocycles. The zero-order chi connectivity index (χ0) is 12.3. The van der Waals surface area contributed by atoms with Crippen LogP contribution in [0.3, 0.4) is 0 Å². The molecule has 4 nitrogen and oxygen atoms in total. The molecule has 2 fully saturated rings. The molecule has 1 atom stereocenters. The van der Waals surface area contributed by atoms with Crippen molar-refractivity contribution in [1.29, 1.82) is 0 Å². The van der Waals surface area contributed by atoms with Gasteiger partial charge in [-0.15, -0.1) is 0 Å². The van der Waals surface area contributed by atoms with Crippen LogP contribution in [0, 0.1) is 5.92 Å². The molecule has 17 heavy (non-hydrogen) atoms. The first kappa shape index (κ1) is 12.8. The van der Waals surface area contributed by atoms with Crippen molar-refractivity contribution in [3.05, 3.63) is 0 Å². The van der Waals surface area contributed by atoms with Gasteiger partial charge in [0.05, 0.1) is 6.04 Å². The highest BCUT2D eigenvalue weighted by atomic mass is 16.1. The summed E-state index contributed by atoms with van der Waals surface area (Å²) in [6, 6.07) is 0.362. The lowest BCUT2D eigenvalue weighted by molar-refractivity contribution is -0.120. The molecule has 0 spiro atoms. The van der Waals surface area contributed by atoms with E-state index < -0.39 is 0 Å². The SMILES string of the molecule is CN(CC1CCCC1)CC(NC1CC1)C(N)=O. The van der Waals surface area contributed by atoms with Crippen LogP contribution in [0.15, 0.2) is 0 Å². The van der Waals surface area contributed by atoms with Gasteiger partial charge in [0, 0.05) is 19.1 Å². The number of likely N-dealkylation sites (N-methyl/N-ethyl adjacent to an activating group) is 1. The molecule has 2 aliphatic carbocycles. The number of hydrogen-bond acceptors (Lipinski definition) is 3. The number of carbonyl (C=O) groups is 1. The fraction of sp³-hybridized carbons (Fsp3) is 0.923. The molecule has 2 aliphatic rings. The highest BCUT2D eigenvalue weighted by molar-refractivity contribution is 5.80. The first-order valence-corrected chi connectivity index (χ1v) is 6.89. The predicted molar refractivity (Wildman–Crippen MR) is 68.6 cm³/mol. The van der Waals surface area contributed by atoms with Gasteiger partial charge in [-0.2, -0.15) is 0 Å². The van der Waals surface area contributed by atoms with Crippen LogP contribution in [-0.2, 0) is 4.79 Å². The van der Waals surface area contributed by atoms with Crippen molar-refractivity contribution in [2.45, 2.75) is 50.6 Å². The van der Waals surface area contributed by atoms with Gasteiger partial charge in [0.2, 0.25) is 5.91 Å². The Labute approximate surface area is 104 Å². The van der Waals surface area contributed by atoms with Crippen molar-refractivity contribution in [3.63, 3.8) is 0 Å². The molecule has 2 rings (SSSR count). The Morgan fingerprint density at radius 1 is 1.35 bits per heavy atom. The lowest BCUT2D eigenvalue weighted by Crippen LogP contribution is -2.49. The van der Waals surface area contributed by atoms with Crippen molar-refractivity contribution in [3.8, 4) is 0 Å². The molecular formula is C13H25N3O. The second-order valence-corrected chi connectivity index (χ2v) is 5.77. The van der Waals surface area contributed by atoms with Gasteiger partial charge in [-0.3, -0.25) is 4.79 Å². The van der Waals surface area contributed by atoms with Crippen LogP contribution in [-0.4, -0.2) is 43.0 Å². The maximum absolute atomic E-state index is 11.4. The van der Waals surface area contributed by atoms with Crippen LogP contribution in [0.1, 0.15) is 38.5 Å². The normalized spacial score (nSPS) is 23.2. The molecule has 0 bridgehead atoms. The van der Waals surface area contributed by atoms with E-state index >= 15 is 0 Å². The fourth-order valence-corrected chi connectivity index (χ4v) is 2.78. The summed E-state index contributed by atoms with van der Waals surface area (Å²) in [6.07, 6.45) is 7.83. The van der Waals surface area contributed by atoms with Crippen LogP contribution in [0.4, 0.5) is 0 Å². The monoisotopic (exact) mass is 239 g/mol.